The first-order valence-electron chi connectivity index (χ1n) is 5.76. The van der Waals surface area contributed by atoms with Crippen molar-refractivity contribution in [3.05, 3.63) is 41.0 Å². The topological polar surface area (TPSA) is 94.9 Å². The van der Waals surface area contributed by atoms with Gasteiger partial charge < -0.3 is 11.5 Å². The number of hydrogen-bond donors (Lipinski definition) is 2. The van der Waals surface area contributed by atoms with Crippen LogP contribution in [0, 0.1) is 19.7 Å². The summed E-state index contributed by atoms with van der Waals surface area (Å²) in [6.07, 6.45) is 0. The van der Waals surface area contributed by atoms with Crippen molar-refractivity contribution in [1.29, 1.82) is 0 Å². The standard InChI is InChI=1S/C13H13FN4OS/c1-6-3-7(2)18-13(17-6)20-11-4-8(12(16)19)10(15)5-9(11)14/h3-5H,15H2,1-2H3,(H2,16,19). The van der Waals surface area contributed by atoms with Crippen LogP contribution in [0.2, 0.25) is 0 Å². The quantitative estimate of drug-likeness (QED) is 0.667. The zero-order valence-electron chi connectivity index (χ0n) is 11.0. The van der Waals surface area contributed by atoms with Crippen molar-refractivity contribution in [2.24, 2.45) is 5.73 Å². The van der Waals surface area contributed by atoms with Gasteiger partial charge in [-0.05, 0) is 43.8 Å². The zero-order chi connectivity index (χ0) is 14.9. The molecule has 0 atom stereocenters. The maximum absolute atomic E-state index is 13.9. The van der Waals surface area contributed by atoms with Crippen LogP contribution < -0.4 is 11.5 Å². The highest BCUT2D eigenvalue weighted by atomic mass is 32.2. The number of aromatic nitrogens is 2. The lowest BCUT2D eigenvalue weighted by atomic mass is 10.1. The fourth-order valence-electron chi connectivity index (χ4n) is 1.70. The van der Waals surface area contributed by atoms with Crippen molar-refractivity contribution >= 4 is 23.4 Å². The number of amides is 1. The van der Waals surface area contributed by atoms with Gasteiger partial charge in [0.15, 0.2) is 5.16 Å². The maximum Gasteiger partial charge on any atom is 0.250 e. The largest absolute Gasteiger partial charge is 0.398 e. The highest BCUT2D eigenvalue weighted by molar-refractivity contribution is 7.99. The van der Waals surface area contributed by atoms with Gasteiger partial charge >= 0.3 is 0 Å². The molecule has 7 heteroatoms. The molecule has 0 bridgehead atoms. The second kappa shape index (κ2) is 5.46. The Morgan fingerprint density at radius 2 is 1.80 bits per heavy atom. The highest BCUT2D eigenvalue weighted by Gasteiger charge is 2.14. The molecule has 104 valence electrons. The zero-order valence-corrected chi connectivity index (χ0v) is 11.8. The van der Waals surface area contributed by atoms with Crippen LogP contribution in [0.1, 0.15) is 21.7 Å². The minimum Gasteiger partial charge on any atom is -0.398 e. The number of carbonyl (C=O) groups is 1. The van der Waals surface area contributed by atoms with E-state index in [0.717, 1.165) is 29.2 Å². The highest BCUT2D eigenvalue weighted by Crippen LogP contribution is 2.30. The van der Waals surface area contributed by atoms with Crippen molar-refractivity contribution in [1.82, 2.24) is 9.97 Å². The summed E-state index contributed by atoms with van der Waals surface area (Å²) >= 11 is 1.02. The molecule has 1 aromatic heterocycles. The second-order valence-electron chi connectivity index (χ2n) is 4.27. The Kier molecular flexibility index (Phi) is 3.89. The average Bonchev–Trinajstić information content (AvgIpc) is 2.30. The third kappa shape index (κ3) is 3.05. The average molecular weight is 292 g/mol. The predicted octanol–water partition coefficient (Wildman–Crippen LogP) is 2.06. The molecule has 0 unspecified atom stereocenters. The van der Waals surface area contributed by atoms with Crippen molar-refractivity contribution in [2.75, 3.05) is 5.73 Å². The number of halogens is 1. The van der Waals surface area contributed by atoms with Crippen molar-refractivity contribution < 1.29 is 9.18 Å². The van der Waals surface area contributed by atoms with Crippen LogP contribution in [0.5, 0.6) is 0 Å². The van der Waals surface area contributed by atoms with Crippen molar-refractivity contribution in [2.45, 2.75) is 23.9 Å². The molecule has 0 fully saturated rings. The van der Waals surface area contributed by atoms with Gasteiger partial charge in [0, 0.05) is 17.1 Å². The van der Waals surface area contributed by atoms with Gasteiger partial charge in [-0.3, -0.25) is 4.79 Å². The number of benzene rings is 1. The summed E-state index contributed by atoms with van der Waals surface area (Å²) in [7, 11) is 0. The van der Waals surface area contributed by atoms with Crippen LogP contribution in [-0.2, 0) is 0 Å². The monoisotopic (exact) mass is 292 g/mol. The fourth-order valence-corrected chi connectivity index (χ4v) is 2.61. The summed E-state index contributed by atoms with van der Waals surface area (Å²) in [5, 5.41) is 0.404. The molecule has 20 heavy (non-hydrogen) atoms. The lowest BCUT2D eigenvalue weighted by Crippen LogP contribution is -2.14. The van der Waals surface area contributed by atoms with E-state index in [1.165, 1.54) is 6.07 Å². The van der Waals surface area contributed by atoms with Gasteiger partial charge in [0.1, 0.15) is 5.82 Å². The second-order valence-corrected chi connectivity index (χ2v) is 5.28. The van der Waals surface area contributed by atoms with E-state index in [2.05, 4.69) is 9.97 Å². The van der Waals surface area contributed by atoms with E-state index in [1.807, 2.05) is 19.9 Å². The van der Waals surface area contributed by atoms with Crippen molar-refractivity contribution in [3.8, 4) is 0 Å². The molecule has 0 spiro atoms. The van der Waals surface area contributed by atoms with E-state index in [-0.39, 0.29) is 16.1 Å². The van der Waals surface area contributed by atoms with Gasteiger partial charge in [-0.1, -0.05) is 0 Å². The summed E-state index contributed by atoms with van der Waals surface area (Å²) in [5.74, 6) is -1.24. The van der Waals surface area contributed by atoms with Crippen LogP contribution in [0.15, 0.2) is 28.3 Å². The molecule has 4 N–H and O–H groups in total. The molecular weight excluding hydrogens is 279 g/mol. The molecular formula is C13H13FN4OS. The Balaban J connectivity index is 2.42. The Labute approximate surface area is 119 Å². The first kappa shape index (κ1) is 14.3. The van der Waals surface area contributed by atoms with Gasteiger partial charge in [0.05, 0.1) is 10.5 Å². The SMILES string of the molecule is Cc1cc(C)nc(Sc2cc(C(N)=O)c(N)cc2F)n1. The lowest BCUT2D eigenvalue weighted by molar-refractivity contribution is 0.100. The molecule has 2 aromatic rings. The molecule has 0 aliphatic heterocycles. The molecule has 2 rings (SSSR count). The van der Waals surface area contributed by atoms with E-state index >= 15 is 0 Å². The number of nitrogen functional groups attached to an aromatic ring is 1. The Hall–Kier alpha value is -2.15. The van der Waals surface area contributed by atoms with E-state index in [4.69, 9.17) is 11.5 Å². The molecule has 0 saturated heterocycles. The number of hydrogen-bond acceptors (Lipinski definition) is 5. The van der Waals surface area contributed by atoms with Gasteiger partial charge in [-0.15, -0.1) is 0 Å². The predicted molar refractivity (Wildman–Crippen MR) is 75.0 cm³/mol. The Morgan fingerprint density at radius 1 is 1.20 bits per heavy atom. The summed E-state index contributed by atoms with van der Waals surface area (Å²) in [5.41, 5.74) is 12.4. The number of primary amides is 1. The lowest BCUT2D eigenvalue weighted by Gasteiger charge is -2.07. The van der Waals surface area contributed by atoms with Gasteiger partial charge in [0.2, 0.25) is 0 Å². The molecule has 0 radical (unpaired) electrons. The van der Waals surface area contributed by atoms with E-state index in [0.29, 0.717) is 5.16 Å². The Bertz CT molecular complexity index is 670. The molecule has 0 aliphatic rings. The number of carbonyl (C=O) groups excluding carboxylic acids is 1. The van der Waals surface area contributed by atoms with Gasteiger partial charge in [0.25, 0.3) is 5.91 Å². The van der Waals surface area contributed by atoms with Crippen LogP contribution in [0.4, 0.5) is 10.1 Å². The number of aryl methyl sites for hydroxylation is 2. The number of anilines is 1. The first-order valence-corrected chi connectivity index (χ1v) is 6.57. The normalized spacial score (nSPS) is 10.6. The van der Waals surface area contributed by atoms with Crippen LogP contribution in [0.3, 0.4) is 0 Å². The first-order chi connectivity index (χ1) is 9.36. The molecule has 1 aromatic carbocycles. The summed E-state index contributed by atoms with van der Waals surface area (Å²) in [4.78, 5) is 19.8. The molecule has 0 saturated carbocycles. The minimum atomic E-state index is -0.703. The maximum atomic E-state index is 13.9. The third-order valence-corrected chi connectivity index (χ3v) is 3.43. The number of nitrogens with two attached hydrogens (primary N) is 2. The summed E-state index contributed by atoms with van der Waals surface area (Å²) in [6, 6.07) is 4.21. The molecule has 5 nitrogen and oxygen atoms in total. The molecule has 1 heterocycles. The van der Waals surface area contributed by atoms with Gasteiger partial charge in [-0.25, -0.2) is 14.4 Å². The summed E-state index contributed by atoms with van der Waals surface area (Å²) < 4.78 is 13.9. The van der Waals surface area contributed by atoms with Gasteiger partial charge in [-0.2, -0.15) is 0 Å². The fraction of sp³-hybridized carbons (Fsp3) is 0.154. The van der Waals surface area contributed by atoms with E-state index in [9.17, 15) is 9.18 Å². The van der Waals surface area contributed by atoms with Crippen LogP contribution in [-0.4, -0.2) is 15.9 Å². The van der Waals surface area contributed by atoms with Crippen molar-refractivity contribution in [3.63, 3.8) is 0 Å². The third-order valence-electron chi connectivity index (χ3n) is 2.53. The van der Waals surface area contributed by atoms with Crippen LogP contribution >= 0.6 is 11.8 Å². The summed E-state index contributed by atoms with van der Waals surface area (Å²) in [6.45, 7) is 3.65. The van der Waals surface area contributed by atoms with E-state index < -0.39 is 11.7 Å². The van der Waals surface area contributed by atoms with E-state index in [1.54, 1.807) is 0 Å². The minimum absolute atomic E-state index is 0.0145. The molecule has 0 aliphatic carbocycles. The number of rotatable bonds is 3. The molecule has 1 amide bonds. The smallest absolute Gasteiger partial charge is 0.250 e. The number of nitrogens with zero attached hydrogens (tertiary/aromatic N) is 2. The Morgan fingerprint density at radius 3 is 2.35 bits per heavy atom. The van der Waals surface area contributed by atoms with Crippen LogP contribution in [0.25, 0.3) is 0 Å².